The largest absolute Gasteiger partial charge is 0.463 e. The first-order valence-electron chi connectivity index (χ1n) is 6.12. The van der Waals surface area contributed by atoms with Crippen LogP contribution in [0.25, 0.3) is 32.6 Å². The van der Waals surface area contributed by atoms with Crippen LogP contribution >= 0.6 is 0 Å². The number of nitrogens with zero attached hydrogens (tertiary/aromatic N) is 3. The number of pyridine rings is 1. The fourth-order valence-electron chi connectivity index (χ4n) is 2.45. The summed E-state index contributed by atoms with van der Waals surface area (Å²) in [5.41, 5.74) is 1.47. The molecule has 0 radical (unpaired) electrons. The standard InChI is InChI=1S/C15H9N3O2/c19-15(20)18-8-11-7-16-13-6-10-4-2-1-3-9(10)5-12(13)14(11)17-18/h1-8H,(H,19,20). The summed E-state index contributed by atoms with van der Waals surface area (Å²) in [6.45, 7) is 0. The zero-order valence-electron chi connectivity index (χ0n) is 10.3. The molecular formula is C15H9N3O2. The third kappa shape index (κ3) is 1.46. The van der Waals surface area contributed by atoms with Crippen LogP contribution in [0.3, 0.4) is 0 Å². The van der Waals surface area contributed by atoms with Crippen LogP contribution < -0.4 is 0 Å². The van der Waals surface area contributed by atoms with Crippen LogP contribution in [0.15, 0.2) is 48.8 Å². The van der Waals surface area contributed by atoms with E-state index < -0.39 is 6.09 Å². The number of carbonyl (C=O) groups is 1. The van der Waals surface area contributed by atoms with E-state index >= 15 is 0 Å². The van der Waals surface area contributed by atoms with Gasteiger partial charge in [-0.15, -0.1) is 0 Å². The molecule has 2 heterocycles. The predicted molar refractivity (Wildman–Crippen MR) is 76.0 cm³/mol. The lowest BCUT2D eigenvalue weighted by Crippen LogP contribution is -2.07. The Morgan fingerprint density at radius 1 is 1.10 bits per heavy atom. The van der Waals surface area contributed by atoms with Crippen LogP contribution in [0.1, 0.15) is 0 Å². The van der Waals surface area contributed by atoms with Gasteiger partial charge in [0.1, 0.15) is 5.52 Å². The Hall–Kier alpha value is -2.95. The fraction of sp³-hybridized carbons (Fsp3) is 0. The average molecular weight is 263 g/mol. The quantitative estimate of drug-likeness (QED) is 0.494. The van der Waals surface area contributed by atoms with Gasteiger partial charge in [-0.3, -0.25) is 4.98 Å². The molecule has 2 aromatic heterocycles. The highest BCUT2D eigenvalue weighted by Gasteiger charge is 2.10. The van der Waals surface area contributed by atoms with E-state index in [0.29, 0.717) is 5.52 Å². The number of carboxylic acid groups (broad SMARTS) is 1. The number of fused-ring (bicyclic) bond motifs is 4. The summed E-state index contributed by atoms with van der Waals surface area (Å²) in [7, 11) is 0. The minimum atomic E-state index is -1.10. The molecule has 0 bridgehead atoms. The summed E-state index contributed by atoms with van der Waals surface area (Å²) in [5.74, 6) is 0. The number of aromatic nitrogens is 3. The molecule has 2 aromatic carbocycles. The van der Waals surface area contributed by atoms with E-state index in [1.165, 1.54) is 6.20 Å². The van der Waals surface area contributed by atoms with E-state index in [1.54, 1.807) is 6.20 Å². The van der Waals surface area contributed by atoms with Crippen LogP contribution in [0, 0.1) is 0 Å². The van der Waals surface area contributed by atoms with E-state index in [1.807, 2.05) is 36.4 Å². The van der Waals surface area contributed by atoms with Gasteiger partial charge in [-0.05, 0) is 22.9 Å². The van der Waals surface area contributed by atoms with Crippen LogP contribution in [-0.4, -0.2) is 26.0 Å². The Kier molecular flexibility index (Phi) is 2.06. The molecule has 96 valence electrons. The van der Waals surface area contributed by atoms with Gasteiger partial charge >= 0.3 is 6.09 Å². The van der Waals surface area contributed by atoms with Crippen molar-refractivity contribution in [3.05, 3.63) is 48.8 Å². The summed E-state index contributed by atoms with van der Waals surface area (Å²) < 4.78 is 0.918. The molecule has 0 atom stereocenters. The van der Waals surface area contributed by atoms with Gasteiger partial charge in [0.05, 0.1) is 5.52 Å². The average Bonchev–Trinajstić information content (AvgIpc) is 2.90. The van der Waals surface area contributed by atoms with Crippen molar-refractivity contribution in [3.8, 4) is 0 Å². The first kappa shape index (κ1) is 10.9. The summed E-state index contributed by atoms with van der Waals surface area (Å²) in [6, 6.07) is 12.0. The van der Waals surface area contributed by atoms with Gasteiger partial charge in [0, 0.05) is 23.2 Å². The molecular weight excluding hydrogens is 254 g/mol. The second kappa shape index (κ2) is 3.77. The van der Waals surface area contributed by atoms with Crippen molar-refractivity contribution >= 4 is 38.7 Å². The molecule has 0 unspecified atom stereocenters. The smallest absolute Gasteiger partial charge is 0.432 e. The van der Waals surface area contributed by atoms with E-state index in [2.05, 4.69) is 10.1 Å². The molecule has 0 spiro atoms. The normalized spacial score (nSPS) is 11.4. The Bertz CT molecular complexity index is 988. The molecule has 0 amide bonds. The van der Waals surface area contributed by atoms with Gasteiger partial charge < -0.3 is 5.11 Å². The predicted octanol–water partition coefficient (Wildman–Crippen LogP) is 3.26. The molecule has 4 aromatic rings. The van der Waals surface area contributed by atoms with Gasteiger partial charge in [0.2, 0.25) is 0 Å². The van der Waals surface area contributed by atoms with Crippen LogP contribution in [-0.2, 0) is 0 Å². The molecule has 0 aliphatic rings. The maximum atomic E-state index is 11.0. The lowest BCUT2D eigenvalue weighted by atomic mass is 10.1. The zero-order chi connectivity index (χ0) is 13.7. The summed E-state index contributed by atoms with van der Waals surface area (Å²) in [6.07, 6.45) is 2.02. The number of rotatable bonds is 0. The van der Waals surface area contributed by atoms with Crippen molar-refractivity contribution in [1.82, 2.24) is 14.8 Å². The second-order valence-electron chi connectivity index (χ2n) is 4.63. The summed E-state index contributed by atoms with van der Waals surface area (Å²) >= 11 is 0. The van der Waals surface area contributed by atoms with Gasteiger partial charge in [-0.25, -0.2) is 4.79 Å². The minimum Gasteiger partial charge on any atom is -0.463 e. The Balaban J connectivity index is 2.16. The van der Waals surface area contributed by atoms with Crippen molar-refractivity contribution in [3.63, 3.8) is 0 Å². The lowest BCUT2D eigenvalue weighted by Gasteiger charge is -2.01. The molecule has 0 aliphatic heterocycles. The monoisotopic (exact) mass is 263 g/mol. The van der Waals surface area contributed by atoms with Gasteiger partial charge in [-0.1, -0.05) is 24.3 Å². The van der Waals surface area contributed by atoms with Gasteiger partial charge in [0.15, 0.2) is 0 Å². The van der Waals surface area contributed by atoms with Gasteiger partial charge in [-0.2, -0.15) is 9.78 Å². The first-order valence-corrected chi connectivity index (χ1v) is 6.12. The number of hydrogen-bond acceptors (Lipinski definition) is 3. The Labute approximate surface area is 113 Å². The van der Waals surface area contributed by atoms with Crippen LogP contribution in [0.5, 0.6) is 0 Å². The van der Waals surface area contributed by atoms with E-state index in [4.69, 9.17) is 5.11 Å². The fourth-order valence-corrected chi connectivity index (χ4v) is 2.45. The summed E-state index contributed by atoms with van der Waals surface area (Å²) in [4.78, 5) is 15.4. The van der Waals surface area contributed by atoms with Crippen molar-refractivity contribution in [1.29, 1.82) is 0 Å². The SMILES string of the molecule is O=C(O)n1cc2cnc3cc4ccccc4cc3c2n1. The van der Waals surface area contributed by atoms with E-state index in [0.717, 1.165) is 31.7 Å². The molecule has 20 heavy (non-hydrogen) atoms. The highest BCUT2D eigenvalue weighted by atomic mass is 16.4. The first-order chi connectivity index (χ1) is 9.72. The molecule has 5 nitrogen and oxygen atoms in total. The molecule has 1 N–H and O–H groups in total. The van der Waals surface area contributed by atoms with E-state index in [-0.39, 0.29) is 0 Å². The molecule has 4 rings (SSSR count). The molecule has 0 saturated heterocycles. The minimum absolute atomic E-state index is 0.656. The molecule has 0 aliphatic carbocycles. The maximum Gasteiger partial charge on any atom is 0.432 e. The Morgan fingerprint density at radius 2 is 1.85 bits per heavy atom. The highest BCUT2D eigenvalue weighted by Crippen LogP contribution is 2.26. The van der Waals surface area contributed by atoms with Crippen molar-refractivity contribution in [2.24, 2.45) is 0 Å². The van der Waals surface area contributed by atoms with Crippen molar-refractivity contribution < 1.29 is 9.90 Å². The van der Waals surface area contributed by atoms with Crippen LogP contribution in [0.4, 0.5) is 4.79 Å². The van der Waals surface area contributed by atoms with Gasteiger partial charge in [0.25, 0.3) is 0 Å². The lowest BCUT2D eigenvalue weighted by molar-refractivity contribution is 0.193. The molecule has 5 heteroatoms. The molecule has 0 fully saturated rings. The highest BCUT2D eigenvalue weighted by molar-refractivity contribution is 6.08. The number of benzene rings is 2. The zero-order valence-corrected chi connectivity index (χ0v) is 10.3. The molecule has 0 saturated carbocycles. The summed E-state index contributed by atoms with van der Waals surface area (Å²) in [5, 5.41) is 16.9. The second-order valence-corrected chi connectivity index (χ2v) is 4.63. The van der Waals surface area contributed by atoms with Crippen LogP contribution in [0.2, 0.25) is 0 Å². The number of hydrogen-bond donors (Lipinski definition) is 1. The third-order valence-electron chi connectivity index (χ3n) is 3.40. The van der Waals surface area contributed by atoms with Crippen molar-refractivity contribution in [2.75, 3.05) is 0 Å². The van der Waals surface area contributed by atoms with E-state index in [9.17, 15) is 4.79 Å². The van der Waals surface area contributed by atoms with Crippen molar-refractivity contribution in [2.45, 2.75) is 0 Å². The maximum absolute atomic E-state index is 11.0. The third-order valence-corrected chi connectivity index (χ3v) is 3.40. The topological polar surface area (TPSA) is 68.0 Å². The Morgan fingerprint density at radius 3 is 2.60 bits per heavy atom.